The molecule has 0 aromatic rings. The van der Waals surface area contributed by atoms with Crippen molar-refractivity contribution >= 4 is 5.97 Å². The SMILES string of the molecule is C=CC(=O)OCC1(C)OCC(F)(F)C(O)(C(F)(F)F)O1. The van der Waals surface area contributed by atoms with Crippen molar-refractivity contribution in [2.75, 3.05) is 13.2 Å². The number of alkyl halides is 5. The second kappa shape index (κ2) is 4.93. The van der Waals surface area contributed by atoms with Gasteiger partial charge in [-0.3, -0.25) is 0 Å². The normalized spacial score (nSPS) is 33.5. The molecule has 1 saturated heterocycles. The standard InChI is InChI=1S/C10H11F5O5/c1-3-6(16)18-4-7(2)19-5-8(11,12)9(17,20-7)10(13,14)15/h3,17H,1,4-5H2,2H3. The Hall–Kier alpha value is -1.26. The highest BCUT2D eigenvalue weighted by molar-refractivity contribution is 5.81. The van der Waals surface area contributed by atoms with Gasteiger partial charge in [0, 0.05) is 6.08 Å². The van der Waals surface area contributed by atoms with Gasteiger partial charge in [0.15, 0.2) is 0 Å². The summed E-state index contributed by atoms with van der Waals surface area (Å²) in [7, 11) is 0. The van der Waals surface area contributed by atoms with E-state index in [1.165, 1.54) is 0 Å². The average molecular weight is 306 g/mol. The molecular formula is C10H11F5O5. The highest BCUT2D eigenvalue weighted by Gasteiger charge is 2.75. The molecule has 0 bridgehead atoms. The van der Waals surface area contributed by atoms with Crippen molar-refractivity contribution in [1.29, 1.82) is 0 Å². The fourth-order valence-corrected chi connectivity index (χ4v) is 1.36. The van der Waals surface area contributed by atoms with E-state index >= 15 is 0 Å². The first kappa shape index (κ1) is 16.8. The number of rotatable bonds is 3. The Labute approximate surface area is 109 Å². The quantitative estimate of drug-likeness (QED) is 0.484. The molecule has 2 atom stereocenters. The van der Waals surface area contributed by atoms with Crippen molar-refractivity contribution in [3.8, 4) is 0 Å². The first-order valence-corrected chi connectivity index (χ1v) is 5.17. The Morgan fingerprint density at radius 1 is 1.50 bits per heavy atom. The summed E-state index contributed by atoms with van der Waals surface area (Å²) < 4.78 is 77.0. The summed E-state index contributed by atoms with van der Waals surface area (Å²) in [5.41, 5.74) is 0. The van der Waals surface area contributed by atoms with Crippen molar-refractivity contribution in [3.05, 3.63) is 12.7 Å². The van der Waals surface area contributed by atoms with E-state index in [0.29, 0.717) is 6.08 Å². The maximum absolute atomic E-state index is 13.2. The molecule has 1 N–H and O–H groups in total. The molecule has 20 heavy (non-hydrogen) atoms. The van der Waals surface area contributed by atoms with Crippen LogP contribution in [0.4, 0.5) is 22.0 Å². The molecule has 0 spiro atoms. The van der Waals surface area contributed by atoms with E-state index in [4.69, 9.17) is 5.11 Å². The third-order valence-electron chi connectivity index (χ3n) is 2.45. The van der Waals surface area contributed by atoms with Gasteiger partial charge < -0.3 is 19.3 Å². The molecule has 1 fully saturated rings. The van der Waals surface area contributed by atoms with Crippen LogP contribution in [0.25, 0.3) is 0 Å². The Bertz CT molecular complexity index is 409. The maximum Gasteiger partial charge on any atom is 0.449 e. The van der Waals surface area contributed by atoms with Crippen LogP contribution in [0.3, 0.4) is 0 Å². The van der Waals surface area contributed by atoms with Gasteiger partial charge >= 0.3 is 23.9 Å². The first-order chi connectivity index (χ1) is 8.87. The summed E-state index contributed by atoms with van der Waals surface area (Å²) in [5.74, 6) is -12.9. The minimum Gasteiger partial charge on any atom is -0.457 e. The van der Waals surface area contributed by atoms with Crippen LogP contribution >= 0.6 is 0 Å². The third kappa shape index (κ3) is 2.91. The molecule has 1 rings (SSSR count). The summed E-state index contributed by atoms with van der Waals surface area (Å²) in [6.07, 6.45) is -5.07. The average Bonchev–Trinajstić information content (AvgIpc) is 2.31. The second-order valence-electron chi connectivity index (χ2n) is 4.18. The third-order valence-corrected chi connectivity index (χ3v) is 2.45. The topological polar surface area (TPSA) is 65.0 Å². The number of aliphatic hydroxyl groups is 1. The minimum atomic E-state index is -5.77. The fraction of sp³-hybridized carbons (Fsp3) is 0.700. The van der Waals surface area contributed by atoms with Gasteiger partial charge in [-0.2, -0.15) is 22.0 Å². The highest BCUT2D eigenvalue weighted by atomic mass is 19.4. The van der Waals surface area contributed by atoms with Gasteiger partial charge in [-0.15, -0.1) is 0 Å². The van der Waals surface area contributed by atoms with Gasteiger partial charge in [-0.1, -0.05) is 6.58 Å². The Morgan fingerprint density at radius 3 is 2.50 bits per heavy atom. The first-order valence-electron chi connectivity index (χ1n) is 5.17. The molecule has 0 aromatic heterocycles. The number of ether oxygens (including phenoxy) is 3. The van der Waals surface area contributed by atoms with Crippen LogP contribution in [0.15, 0.2) is 12.7 Å². The van der Waals surface area contributed by atoms with E-state index in [2.05, 4.69) is 20.8 Å². The molecule has 116 valence electrons. The minimum absolute atomic E-state index is 0.705. The molecule has 0 amide bonds. The number of carbonyl (C=O) groups is 1. The van der Waals surface area contributed by atoms with Crippen LogP contribution in [0.2, 0.25) is 0 Å². The number of esters is 1. The summed E-state index contributed by atoms with van der Waals surface area (Å²) in [5, 5.41) is 9.16. The van der Waals surface area contributed by atoms with Crippen LogP contribution in [-0.2, 0) is 19.0 Å². The summed E-state index contributed by atoms with van der Waals surface area (Å²) in [6, 6.07) is 0. The van der Waals surface area contributed by atoms with Crippen molar-refractivity contribution in [1.82, 2.24) is 0 Å². The molecule has 2 unspecified atom stereocenters. The van der Waals surface area contributed by atoms with Crippen molar-refractivity contribution < 1.29 is 46.1 Å². The van der Waals surface area contributed by atoms with Gasteiger partial charge in [0.25, 0.3) is 0 Å². The lowest BCUT2D eigenvalue weighted by atomic mass is 10.1. The second-order valence-corrected chi connectivity index (χ2v) is 4.18. The lowest BCUT2D eigenvalue weighted by Crippen LogP contribution is -2.70. The molecule has 0 saturated carbocycles. The predicted octanol–water partition coefficient (Wildman–Crippen LogP) is 1.36. The van der Waals surface area contributed by atoms with E-state index in [1.807, 2.05) is 0 Å². The maximum atomic E-state index is 13.2. The summed E-state index contributed by atoms with van der Waals surface area (Å²) in [6.45, 7) is 1.15. The predicted molar refractivity (Wildman–Crippen MR) is 52.5 cm³/mol. The molecule has 1 heterocycles. The fourth-order valence-electron chi connectivity index (χ4n) is 1.36. The van der Waals surface area contributed by atoms with Crippen LogP contribution in [0.1, 0.15) is 6.92 Å². The Morgan fingerprint density at radius 2 is 2.05 bits per heavy atom. The molecule has 0 aromatic carbocycles. The number of hydrogen-bond acceptors (Lipinski definition) is 5. The zero-order chi connectivity index (χ0) is 15.8. The lowest BCUT2D eigenvalue weighted by molar-refractivity contribution is -0.513. The highest BCUT2D eigenvalue weighted by Crippen LogP contribution is 2.48. The van der Waals surface area contributed by atoms with Crippen LogP contribution in [0, 0.1) is 0 Å². The van der Waals surface area contributed by atoms with Crippen LogP contribution in [-0.4, -0.2) is 48.0 Å². The molecule has 10 heteroatoms. The van der Waals surface area contributed by atoms with Gasteiger partial charge in [0.1, 0.15) is 13.2 Å². The number of hydrogen-bond donors (Lipinski definition) is 1. The van der Waals surface area contributed by atoms with Crippen LogP contribution < -0.4 is 0 Å². The van der Waals surface area contributed by atoms with Gasteiger partial charge in [-0.25, -0.2) is 4.79 Å². The number of carbonyl (C=O) groups excluding carboxylic acids is 1. The van der Waals surface area contributed by atoms with Gasteiger partial charge in [-0.05, 0) is 6.92 Å². The van der Waals surface area contributed by atoms with Crippen molar-refractivity contribution in [2.45, 2.75) is 30.6 Å². The van der Waals surface area contributed by atoms with E-state index in [0.717, 1.165) is 6.92 Å². The lowest BCUT2D eigenvalue weighted by Gasteiger charge is -2.47. The monoisotopic (exact) mass is 306 g/mol. The molecule has 0 aliphatic carbocycles. The zero-order valence-electron chi connectivity index (χ0n) is 10.2. The molecule has 1 aliphatic heterocycles. The molecule has 5 nitrogen and oxygen atoms in total. The molecule has 1 aliphatic rings. The Balaban J connectivity index is 2.96. The number of halogens is 5. The van der Waals surface area contributed by atoms with E-state index in [-0.39, 0.29) is 0 Å². The van der Waals surface area contributed by atoms with Gasteiger partial charge in [0.2, 0.25) is 5.79 Å². The summed E-state index contributed by atoms with van der Waals surface area (Å²) in [4.78, 5) is 10.8. The smallest absolute Gasteiger partial charge is 0.449 e. The largest absolute Gasteiger partial charge is 0.457 e. The van der Waals surface area contributed by atoms with Crippen LogP contribution in [0.5, 0.6) is 0 Å². The van der Waals surface area contributed by atoms with E-state index in [1.54, 1.807) is 0 Å². The van der Waals surface area contributed by atoms with E-state index in [9.17, 15) is 26.7 Å². The zero-order valence-corrected chi connectivity index (χ0v) is 10.2. The summed E-state index contributed by atoms with van der Waals surface area (Å²) >= 11 is 0. The molecular weight excluding hydrogens is 295 g/mol. The Kier molecular flexibility index (Phi) is 4.14. The van der Waals surface area contributed by atoms with E-state index < -0.39 is 42.9 Å². The van der Waals surface area contributed by atoms with Crippen molar-refractivity contribution in [2.24, 2.45) is 0 Å². The molecule has 0 radical (unpaired) electrons. The van der Waals surface area contributed by atoms with Crippen molar-refractivity contribution in [3.63, 3.8) is 0 Å². The van der Waals surface area contributed by atoms with Gasteiger partial charge in [0.05, 0.1) is 0 Å².